The molecule has 1 spiro atoms. The van der Waals surface area contributed by atoms with Crippen molar-refractivity contribution in [3.8, 4) is 0 Å². The quantitative estimate of drug-likeness (QED) is 0.784. The van der Waals surface area contributed by atoms with Crippen molar-refractivity contribution in [1.29, 1.82) is 0 Å². The van der Waals surface area contributed by atoms with Gasteiger partial charge in [-0.05, 0) is 45.1 Å². The molecule has 0 amide bonds. The summed E-state index contributed by atoms with van der Waals surface area (Å²) in [6, 6.07) is 4.37. The van der Waals surface area contributed by atoms with E-state index in [1.807, 2.05) is 0 Å². The highest BCUT2D eigenvalue weighted by molar-refractivity contribution is 5.54. The highest BCUT2D eigenvalue weighted by Crippen LogP contribution is 2.39. The third-order valence-corrected chi connectivity index (χ3v) is 4.66. The maximum absolute atomic E-state index is 10.8. The standard InChI is InChI=1S/C14H21N3O/c1-16-9-10-17-12(4-11-18)2-3-13(17)14(16)5-7-15-8-6-14/h2-3,11,15H,4-10H2,1H3. The largest absolute Gasteiger partial charge is 0.345 e. The van der Waals surface area contributed by atoms with Crippen LogP contribution >= 0.6 is 0 Å². The van der Waals surface area contributed by atoms with Crippen LogP contribution in [0.25, 0.3) is 0 Å². The highest BCUT2D eigenvalue weighted by Gasteiger charge is 2.42. The number of aromatic nitrogens is 1. The Morgan fingerprint density at radius 1 is 1.33 bits per heavy atom. The van der Waals surface area contributed by atoms with Gasteiger partial charge in [-0.15, -0.1) is 0 Å². The first kappa shape index (κ1) is 11.9. The second kappa shape index (κ2) is 4.52. The average molecular weight is 247 g/mol. The monoisotopic (exact) mass is 247 g/mol. The summed E-state index contributed by atoms with van der Waals surface area (Å²) in [4.78, 5) is 13.3. The zero-order valence-corrected chi connectivity index (χ0v) is 11.0. The number of hydrogen-bond acceptors (Lipinski definition) is 3. The third-order valence-electron chi connectivity index (χ3n) is 4.66. The van der Waals surface area contributed by atoms with Crippen LogP contribution in [0.5, 0.6) is 0 Å². The van der Waals surface area contributed by atoms with E-state index in [9.17, 15) is 4.79 Å². The Labute approximate surface area is 108 Å². The second-order valence-electron chi connectivity index (χ2n) is 5.44. The van der Waals surface area contributed by atoms with Crippen molar-refractivity contribution in [2.45, 2.75) is 31.3 Å². The van der Waals surface area contributed by atoms with Crippen LogP contribution < -0.4 is 5.32 Å². The number of carbonyl (C=O) groups excluding carboxylic acids is 1. The fourth-order valence-electron chi connectivity index (χ4n) is 3.58. The zero-order chi connectivity index (χ0) is 12.6. The van der Waals surface area contributed by atoms with E-state index in [0.717, 1.165) is 45.3 Å². The van der Waals surface area contributed by atoms with Crippen molar-refractivity contribution in [2.75, 3.05) is 26.7 Å². The molecule has 3 rings (SSSR count). The van der Waals surface area contributed by atoms with Crippen molar-refractivity contribution in [3.05, 3.63) is 23.5 Å². The molecule has 1 aromatic heterocycles. The van der Waals surface area contributed by atoms with Crippen molar-refractivity contribution >= 4 is 6.29 Å². The lowest BCUT2D eigenvalue weighted by atomic mass is 9.82. The molecule has 4 heteroatoms. The maximum Gasteiger partial charge on any atom is 0.125 e. The molecule has 18 heavy (non-hydrogen) atoms. The van der Waals surface area contributed by atoms with Gasteiger partial charge in [0.2, 0.25) is 0 Å². The molecular formula is C14H21N3O. The lowest BCUT2D eigenvalue weighted by Crippen LogP contribution is -2.55. The lowest BCUT2D eigenvalue weighted by Gasteiger charge is -2.48. The Balaban J connectivity index is 2.03. The minimum Gasteiger partial charge on any atom is -0.345 e. The summed E-state index contributed by atoms with van der Waals surface area (Å²) in [6.45, 7) is 4.25. The van der Waals surface area contributed by atoms with Gasteiger partial charge in [0, 0.05) is 30.9 Å². The van der Waals surface area contributed by atoms with Gasteiger partial charge < -0.3 is 14.7 Å². The van der Waals surface area contributed by atoms with E-state index < -0.39 is 0 Å². The molecule has 98 valence electrons. The minimum atomic E-state index is 0.185. The molecule has 1 saturated heterocycles. The van der Waals surface area contributed by atoms with E-state index >= 15 is 0 Å². The van der Waals surface area contributed by atoms with Gasteiger partial charge >= 0.3 is 0 Å². The number of fused-ring (bicyclic) bond motifs is 2. The van der Waals surface area contributed by atoms with Crippen LogP contribution in [0.1, 0.15) is 24.2 Å². The van der Waals surface area contributed by atoms with E-state index in [0.29, 0.717) is 6.42 Å². The van der Waals surface area contributed by atoms with Crippen LogP contribution in [0.15, 0.2) is 12.1 Å². The Bertz CT molecular complexity index is 446. The van der Waals surface area contributed by atoms with Gasteiger partial charge in [-0.2, -0.15) is 0 Å². The molecule has 1 N–H and O–H groups in total. The molecule has 0 unspecified atom stereocenters. The van der Waals surface area contributed by atoms with E-state index in [1.54, 1.807) is 0 Å². The SMILES string of the molecule is CN1CCn2c(CC=O)ccc2C12CCNCC2. The lowest BCUT2D eigenvalue weighted by molar-refractivity contribution is -0.107. The first-order valence-corrected chi connectivity index (χ1v) is 6.82. The van der Waals surface area contributed by atoms with Gasteiger partial charge in [-0.3, -0.25) is 4.90 Å². The maximum atomic E-state index is 10.8. The number of likely N-dealkylation sites (N-methyl/N-ethyl adjacent to an activating group) is 1. The fourth-order valence-corrected chi connectivity index (χ4v) is 3.58. The van der Waals surface area contributed by atoms with Crippen LogP contribution in [0.2, 0.25) is 0 Å². The van der Waals surface area contributed by atoms with Crippen LogP contribution in [-0.2, 0) is 23.3 Å². The van der Waals surface area contributed by atoms with Gasteiger partial charge in [0.15, 0.2) is 0 Å². The molecule has 0 atom stereocenters. The van der Waals surface area contributed by atoms with E-state index in [2.05, 4.69) is 34.0 Å². The summed E-state index contributed by atoms with van der Waals surface area (Å²) in [5.74, 6) is 0. The van der Waals surface area contributed by atoms with Crippen molar-refractivity contribution in [2.24, 2.45) is 0 Å². The topological polar surface area (TPSA) is 37.3 Å². The molecule has 1 fully saturated rings. The first-order valence-electron chi connectivity index (χ1n) is 6.82. The molecule has 2 aliphatic rings. The highest BCUT2D eigenvalue weighted by atomic mass is 16.1. The number of aldehydes is 1. The summed E-state index contributed by atoms with van der Waals surface area (Å²) in [7, 11) is 2.24. The summed E-state index contributed by atoms with van der Waals surface area (Å²) >= 11 is 0. The van der Waals surface area contributed by atoms with Crippen LogP contribution in [0.3, 0.4) is 0 Å². The smallest absolute Gasteiger partial charge is 0.125 e. The molecule has 0 bridgehead atoms. The Kier molecular flexibility index (Phi) is 2.99. The number of rotatable bonds is 2. The predicted molar refractivity (Wildman–Crippen MR) is 70.6 cm³/mol. The minimum absolute atomic E-state index is 0.185. The number of nitrogens with one attached hydrogen (secondary N) is 1. The molecule has 0 aliphatic carbocycles. The molecule has 0 aromatic carbocycles. The van der Waals surface area contributed by atoms with Crippen LogP contribution in [0, 0.1) is 0 Å². The number of hydrogen-bond donors (Lipinski definition) is 1. The van der Waals surface area contributed by atoms with Crippen molar-refractivity contribution in [3.63, 3.8) is 0 Å². The Morgan fingerprint density at radius 2 is 2.11 bits per heavy atom. The van der Waals surface area contributed by atoms with Gasteiger partial charge in [0.05, 0.1) is 5.54 Å². The Hall–Kier alpha value is -1.13. The van der Waals surface area contributed by atoms with E-state index in [-0.39, 0.29) is 5.54 Å². The summed E-state index contributed by atoms with van der Waals surface area (Å²) < 4.78 is 2.37. The normalized spacial score (nSPS) is 22.9. The third kappa shape index (κ3) is 1.63. The van der Waals surface area contributed by atoms with E-state index in [1.165, 1.54) is 11.4 Å². The molecule has 1 aromatic rings. The van der Waals surface area contributed by atoms with Crippen LogP contribution in [-0.4, -0.2) is 42.4 Å². The molecular weight excluding hydrogens is 226 g/mol. The number of nitrogens with zero attached hydrogens (tertiary/aromatic N) is 2. The Morgan fingerprint density at radius 3 is 2.83 bits per heavy atom. The van der Waals surface area contributed by atoms with Gasteiger partial charge in [-0.25, -0.2) is 0 Å². The molecule has 0 radical (unpaired) electrons. The van der Waals surface area contributed by atoms with Gasteiger partial charge in [0.1, 0.15) is 6.29 Å². The van der Waals surface area contributed by atoms with E-state index in [4.69, 9.17) is 0 Å². The number of carbonyl (C=O) groups is 1. The molecule has 0 saturated carbocycles. The van der Waals surface area contributed by atoms with Gasteiger partial charge in [0.25, 0.3) is 0 Å². The fraction of sp³-hybridized carbons (Fsp3) is 0.643. The summed E-state index contributed by atoms with van der Waals surface area (Å²) in [6.07, 6.45) is 3.87. The summed E-state index contributed by atoms with van der Waals surface area (Å²) in [5, 5.41) is 3.45. The molecule has 2 aliphatic heterocycles. The molecule has 3 heterocycles. The van der Waals surface area contributed by atoms with Crippen molar-refractivity contribution < 1.29 is 4.79 Å². The van der Waals surface area contributed by atoms with Crippen molar-refractivity contribution in [1.82, 2.24) is 14.8 Å². The number of piperidine rings is 1. The van der Waals surface area contributed by atoms with Gasteiger partial charge in [-0.1, -0.05) is 0 Å². The van der Waals surface area contributed by atoms with Crippen LogP contribution in [0.4, 0.5) is 0 Å². The second-order valence-corrected chi connectivity index (χ2v) is 5.44. The first-order chi connectivity index (χ1) is 8.78. The predicted octanol–water partition coefficient (Wildman–Crippen LogP) is 0.754. The zero-order valence-electron chi connectivity index (χ0n) is 11.0. The average Bonchev–Trinajstić information content (AvgIpc) is 2.80. The molecule has 4 nitrogen and oxygen atoms in total. The summed E-state index contributed by atoms with van der Waals surface area (Å²) in [5.41, 5.74) is 2.77.